The van der Waals surface area contributed by atoms with E-state index >= 15 is 0 Å². The fourth-order valence-corrected chi connectivity index (χ4v) is 2.47. The lowest BCUT2D eigenvalue weighted by atomic mass is 9.96. The molecule has 1 N–H and O–H groups in total. The summed E-state index contributed by atoms with van der Waals surface area (Å²) in [7, 11) is 0. The van der Waals surface area contributed by atoms with Gasteiger partial charge in [0, 0.05) is 32.6 Å². The summed E-state index contributed by atoms with van der Waals surface area (Å²) in [6, 6.07) is 0. The predicted molar refractivity (Wildman–Crippen MR) is 76.0 cm³/mol. The predicted octanol–water partition coefficient (Wildman–Crippen LogP) is 1.49. The summed E-state index contributed by atoms with van der Waals surface area (Å²) < 4.78 is 5.38. The third kappa shape index (κ3) is 4.48. The van der Waals surface area contributed by atoms with Gasteiger partial charge in [-0.25, -0.2) is 0 Å². The summed E-state index contributed by atoms with van der Waals surface area (Å²) >= 11 is 0. The number of nitrogens with one attached hydrogen (secondary N) is 1. The molecule has 1 aliphatic heterocycles. The summed E-state index contributed by atoms with van der Waals surface area (Å²) in [6.45, 7) is 7.28. The number of ether oxygens (including phenoxy) is 1. The molecule has 1 heterocycles. The Kier molecular flexibility index (Phi) is 5.61. The summed E-state index contributed by atoms with van der Waals surface area (Å²) in [4.78, 5) is 13.8. The average Bonchev–Trinajstić information content (AvgIpc) is 2.47. The van der Waals surface area contributed by atoms with Gasteiger partial charge in [0.15, 0.2) is 0 Å². The van der Waals surface area contributed by atoms with Crippen LogP contribution in [-0.2, 0) is 9.53 Å². The van der Waals surface area contributed by atoms with Gasteiger partial charge in [-0.2, -0.15) is 0 Å². The largest absolute Gasteiger partial charge is 0.379 e. The van der Waals surface area contributed by atoms with E-state index < -0.39 is 0 Å². The number of carbonyl (C=O) groups excluding carboxylic acids is 1. The molecule has 0 bridgehead atoms. The maximum atomic E-state index is 11.4. The SMILES string of the molecule is CCC(=O)NCC1=C(CN2CCOCC2)CCC=C1. The van der Waals surface area contributed by atoms with Gasteiger partial charge in [-0.3, -0.25) is 9.69 Å². The van der Waals surface area contributed by atoms with Gasteiger partial charge in [-0.1, -0.05) is 24.6 Å². The molecule has 0 aromatic rings. The normalized spacial score (nSPS) is 20.7. The fraction of sp³-hybridized carbons (Fsp3) is 0.667. The van der Waals surface area contributed by atoms with Gasteiger partial charge in [-0.05, 0) is 18.4 Å². The Morgan fingerprint density at radius 1 is 1.42 bits per heavy atom. The van der Waals surface area contributed by atoms with E-state index in [1.165, 1.54) is 11.1 Å². The van der Waals surface area contributed by atoms with Crippen LogP contribution < -0.4 is 5.32 Å². The standard InChI is InChI=1S/C15H24N2O2/c1-2-15(18)16-11-13-5-3-4-6-14(13)12-17-7-9-19-10-8-17/h3,5H,2,4,6-12H2,1H3,(H,16,18). The Labute approximate surface area is 115 Å². The number of rotatable bonds is 5. The topological polar surface area (TPSA) is 41.6 Å². The molecule has 0 saturated carbocycles. The molecule has 1 fully saturated rings. The van der Waals surface area contributed by atoms with Crippen LogP contribution in [0, 0.1) is 0 Å². The molecule has 1 saturated heterocycles. The molecular weight excluding hydrogens is 240 g/mol. The molecule has 0 spiro atoms. The van der Waals surface area contributed by atoms with Crippen LogP contribution in [0.25, 0.3) is 0 Å². The van der Waals surface area contributed by atoms with Crippen molar-refractivity contribution in [3.63, 3.8) is 0 Å². The molecule has 0 aromatic carbocycles. The van der Waals surface area contributed by atoms with Gasteiger partial charge < -0.3 is 10.1 Å². The Hall–Kier alpha value is -1.13. The van der Waals surface area contributed by atoms with Gasteiger partial charge in [-0.15, -0.1) is 0 Å². The Bertz CT molecular complexity index is 368. The van der Waals surface area contributed by atoms with Gasteiger partial charge in [0.05, 0.1) is 13.2 Å². The van der Waals surface area contributed by atoms with Crippen molar-refractivity contribution in [2.75, 3.05) is 39.4 Å². The fourth-order valence-electron chi connectivity index (χ4n) is 2.47. The van der Waals surface area contributed by atoms with E-state index in [-0.39, 0.29) is 5.91 Å². The molecule has 0 unspecified atom stereocenters. The Morgan fingerprint density at radius 3 is 2.95 bits per heavy atom. The number of allylic oxidation sites excluding steroid dienone is 1. The van der Waals surface area contributed by atoms with E-state index in [4.69, 9.17) is 4.74 Å². The van der Waals surface area contributed by atoms with Crippen molar-refractivity contribution in [3.8, 4) is 0 Å². The molecule has 106 valence electrons. The molecule has 1 aliphatic carbocycles. The van der Waals surface area contributed by atoms with Crippen LogP contribution in [-0.4, -0.2) is 50.2 Å². The van der Waals surface area contributed by atoms with Crippen molar-refractivity contribution in [1.29, 1.82) is 0 Å². The van der Waals surface area contributed by atoms with Crippen LogP contribution in [0.2, 0.25) is 0 Å². The molecule has 0 aromatic heterocycles. The molecule has 19 heavy (non-hydrogen) atoms. The monoisotopic (exact) mass is 264 g/mol. The summed E-state index contributed by atoms with van der Waals surface area (Å²) in [5.74, 6) is 0.122. The molecule has 1 amide bonds. The van der Waals surface area contributed by atoms with Crippen LogP contribution in [0.5, 0.6) is 0 Å². The lowest BCUT2D eigenvalue weighted by Crippen LogP contribution is -2.38. The molecule has 0 atom stereocenters. The van der Waals surface area contributed by atoms with Gasteiger partial charge >= 0.3 is 0 Å². The highest BCUT2D eigenvalue weighted by Gasteiger charge is 2.15. The summed E-state index contributed by atoms with van der Waals surface area (Å²) in [5, 5.41) is 2.98. The highest BCUT2D eigenvalue weighted by molar-refractivity contribution is 5.75. The average molecular weight is 264 g/mol. The maximum Gasteiger partial charge on any atom is 0.219 e. The van der Waals surface area contributed by atoms with E-state index in [0.717, 1.165) is 45.7 Å². The highest BCUT2D eigenvalue weighted by atomic mass is 16.5. The molecule has 2 rings (SSSR count). The second kappa shape index (κ2) is 7.46. The summed E-state index contributed by atoms with van der Waals surface area (Å²) in [6.07, 6.45) is 7.16. The minimum atomic E-state index is 0.122. The molecule has 0 radical (unpaired) electrons. The molecule has 2 aliphatic rings. The van der Waals surface area contributed by atoms with Crippen LogP contribution in [0.15, 0.2) is 23.3 Å². The number of morpholine rings is 1. The van der Waals surface area contributed by atoms with E-state index in [9.17, 15) is 4.79 Å². The van der Waals surface area contributed by atoms with Crippen LogP contribution in [0.1, 0.15) is 26.2 Å². The van der Waals surface area contributed by atoms with Crippen LogP contribution in [0.3, 0.4) is 0 Å². The van der Waals surface area contributed by atoms with Crippen LogP contribution >= 0.6 is 0 Å². The quantitative estimate of drug-likeness (QED) is 0.818. The van der Waals surface area contributed by atoms with E-state index in [1.54, 1.807) is 0 Å². The molecular formula is C15H24N2O2. The summed E-state index contributed by atoms with van der Waals surface area (Å²) in [5.41, 5.74) is 2.76. The van der Waals surface area contributed by atoms with E-state index in [0.29, 0.717) is 13.0 Å². The lowest BCUT2D eigenvalue weighted by Gasteiger charge is -2.29. The number of amides is 1. The maximum absolute atomic E-state index is 11.4. The second-order valence-corrected chi connectivity index (χ2v) is 5.09. The van der Waals surface area contributed by atoms with Crippen molar-refractivity contribution in [2.24, 2.45) is 0 Å². The van der Waals surface area contributed by atoms with Gasteiger partial charge in [0.2, 0.25) is 5.91 Å². The first kappa shape index (κ1) is 14.3. The lowest BCUT2D eigenvalue weighted by molar-refractivity contribution is -0.120. The first-order chi connectivity index (χ1) is 9.29. The van der Waals surface area contributed by atoms with Crippen molar-refractivity contribution in [1.82, 2.24) is 10.2 Å². The second-order valence-electron chi connectivity index (χ2n) is 5.09. The number of nitrogens with zero attached hydrogens (tertiary/aromatic N) is 1. The minimum absolute atomic E-state index is 0.122. The Morgan fingerprint density at radius 2 is 2.21 bits per heavy atom. The van der Waals surface area contributed by atoms with Crippen molar-refractivity contribution < 1.29 is 9.53 Å². The number of hydrogen-bond acceptors (Lipinski definition) is 3. The van der Waals surface area contributed by atoms with E-state index in [1.807, 2.05) is 6.92 Å². The highest BCUT2D eigenvalue weighted by Crippen LogP contribution is 2.20. The van der Waals surface area contributed by atoms with Crippen LogP contribution in [0.4, 0.5) is 0 Å². The smallest absolute Gasteiger partial charge is 0.219 e. The van der Waals surface area contributed by atoms with Crippen molar-refractivity contribution >= 4 is 5.91 Å². The van der Waals surface area contributed by atoms with E-state index in [2.05, 4.69) is 22.4 Å². The zero-order valence-corrected chi connectivity index (χ0v) is 11.8. The Balaban J connectivity index is 1.93. The first-order valence-electron chi connectivity index (χ1n) is 7.24. The molecule has 4 nitrogen and oxygen atoms in total. The zero-order chi connectivity index (χ0) is 13.5. The minimum Gasteiger partial charge on any atom is -0.379 e. The van der Waals surface area contributed by atoms with Crippen molar-refractivity contribution in [3.05, 3.63) is 23.3 Å². The first-order valence-corrected chi connectivity index (χ1v) is 7.24. The van der Waals surface area contributed by atoms with Gasteiger partial charge in [0.25, 0.3) is 0 Å². The molecule has 4 heteroatoms. The van der Waals surface area contributed by atoms with Crippen molar-refractivity contribution in [2.45, 2.75) is 26.2 Å². The third-order valence-electron chi connectivity index (χ3n) is 3.70. The number of carbonyl (C=O) groups is 1. The third-order valence-corrected chi connectivity index (χ3v) is 3.70. The number of hydrogen-bond donors (Lipinski definition) is 1. The zero-order valence-electron chi connectivity index (χ0n) is 11.8. The van der Waals surface area contributed by atoms with Gasteiger partial charge in [0.1, 0.15) is 0 Å².